The number of para-hydroxylation sites is 3. The van der Waals surface area contributed by atoms with Crippen LogP contribution in [-0.2, 0) is 16.2 Å². The van der Waals surface area contributed by atoms with Gasteiger partial charge in [-0.05, 0) is 81.8 Å². The minimum atomic E-state index is -0.0976. The van der Waals surface area contributed by atoms with E-state index in [2.05, 4.69) is 214 Å². The summed E-state index contributed by atoms with van der Waals surface area (Å²) in [5, 5.41) is 4.72. The molecule has 9 rings (SSSR count). The second-order valence-corrected chi connectivity index (χ2v) is 20.1. The van der Waals surface area contributed by atoms with E-state index in [1.54, 1.807) is 0 Å². The number of benzene rings is 7. The number of furan rings is 1. The first-order valence-electron chi connectivity index (χ1n) is 22.1. The number of fused-ring (bicyclic) bond motifs is 6. The van der Waals surface area contributed by atoms with E-state index >= 15 is 0 Å². The van der Waals surface area contributed by atoms with Crippen molar-refractivity contribution in [2.24, 2.45) is 9.98 Å². The van der Waals surface area contributed by atoms with Crippen molar-refractivity contribution in [1.82, 2.24) is 4.57 Å². The Kier molecular flexibility index (Phi) is 10.3. The van der Waals surface area contributed by atoms with E-state index < -0.39 is 0 Å². The molecule has 0 aliphatic heterocycles. The average Bonchev–Trinajstić information content (AvgIpc) is 3.81. The van der Waals surface area contributed by atoms with Crippen molar-refractivity contribution in [3.8, 4) is 16.8 Å². The van der Waals surface area contributed by atoms with Crippen LogP contribution in [0.2, 0.25) is 0 Å². The molecule has 0 aliphatic carbocycles. The summed E-state index contributed by atoms with van der Waals surface area (Å²) in [6, 6.07) is 53.8. The Bertz CT molecular complexity index is 3260. The molecule has 7 aromatic carbocycles. The molecule has 4 nitrogen and oxygen atoms in total. The highest BCUT2D eigenvalue weighted by atomic mass is 16.3. The largest absolute Gasteiger partial charge is 0.455 e. The highest BCUT2D eigenvalue weighted by Gasteiger charge is 2.28. The predicted octanol–water partition coefficient (Wildman–Crippen LogP) is 16.2. The van der Waals surface area contributed by atoms with E-state index in [4.69, 9.17) is 14.4 Å². The quantitative estimate of drug-likeness (QED) is 0.122. The third-order valence-electron chi connectivity index (χ3n) is 12.4. The van der Waals surface area contributed by atoms with Crippen LogP contribution < -0.4 is 0 Å². The second-order valence-electron chi connectivity index (χ2n) is 20.1. The van der Waals surface area contributed by atoms with E-state index in [0.29, 0.717) is 11.5 Å². The van der Waals surface area contributed by atoms with Gasteiger partial charge >= 0.3 is 0 Å². The Balaban J connectivity index is 1.15. The van der Waals surface area contributed by atoms with Crippen molar-refractivity contribution in [2.75, 3.05) is 0 Å². The van der Waals surface area contributed by atoms with Gasteiger partial charge in [-0.2, -0.15) is 0 Å². The first-order chi connectivity index (χ1) is 30.0. The van der Waals surface area contributed by atoms with Crippen LogP contribution in [0.25, 0.3) is 66.3 Å². The molecule has 4 heteroatoms. The fraction of sp³-hybridized carbons (Fsp3) is 0.220. The molecule has 314 valence electrons. The van der Waals surface area contributed by atoms with Gasteiger partial charge in [0.25, 0.3) is 0 Å². The van der Waals surface area contributed by atoms with E-state index in [9.17, 15) is 0 Å². The number of rotatable bonds is 6. The van der Waals surface area contributed by atoms with Crippen LogP contribution in [0, 0.1) is 0 Å². The molecule has 0 saturated heterocycles. The summed E-state index contributed by atoms with van der Waals surface area (Å²) in [6.45, 7) is 27.1. The predicted molar refractivity (Wildman–Crippen MR) is 270 cm³/mol. The van der Waals surface area contributed by atoms with Gasteiger partial charge < -0.3 is 8.98 Å². The van der Waals surface area contributed by atoms with Crippen LogP contribution in [0.1, 0.15) is 103 Å². The zero-order valence-corrected chi connectivity index (χ0v) is 38.4. The molecule has 0 N–H and O–H groups in total. The van der Waals surface area contributed by atoms with Crippen molar-refractivity contribution < 1.29 is 4.42 Å². The summed E-state index contributed by atoms with van der Waals surface area (Å²) < 4.78 is 9.35. The minimum Gasteiger partial charge on any atom is -0.455 e. The standard InChI is InChI=1S/C59H57N3O/c1-37(39-29-31-40(32-30-39)48-33-42(57(3,4)5)34-49-50-35-43(58(6,7)8)36-51(59(9,10)11)55(50)63-54(48)49)60-56(41-21-14-12-15-22-41)61-38(2)45-26-20-27-47-46-25-18-19-28-52(46)62(53(45)47)44-23-16-13-17-24-44/h12-36H,1H2,2-11H3. The summed E-state index contributed by atoms with van der Waals surface area (Å²) in [4.78, 5) is 10.5. The molecule has 2 heterocycles. The fourth-order valence-corrected chi connectivity index (χ4v) is 8.77. The van der Waals surface area contributed by atoms with Crippen LogP contribution in [0.5, 0.6) is 0 Å². The summed E-state index contributed by atoms with van der Waals surface area (Å²) in [6.07, 6.45) is 0. The molecule has 0 unspecified atom stereocenters. The SMILES string of the molecule is C=C(N=C(N=C(C)c1cccc2c3ccccc3n(-c3ccccc3)c12)c1ccccc1)c1ccc(-c2cc(C(C)(C)C)cc3c2oc2c(C(C)(C)C)cc(C(C)(C)C)cc23)cc1. The number of hydrogen-bond acceptors (Lipinski definition) is 2. The summed E-state index contributed by atoms with van der Waals surface area (Å²) >= 11 is 0. The maximum Gasteiger partial charge on any atom is 0.160 e. The highest BCUT2D eigenvalue weighted by Crippen LogP contribution is 2.44. The molecule has 0 atom stereocenters. The Labute approximate surface area is 372 Å². The van der Waals surface area contributed by atoms with Gasteiger partial charge in [0.1, 0.15) is 11.2 Å². The van der Waals surface area contributed by atoms with E-state index in [1.807, 2.05) is 18.2 Å². The number of aromatic nitrogens is 1. The van der Waals surface area contributed by atoms with E-state index in [0.717, 1.165) is 66.8 Å². The Morgan fingerprint density at radius 1 is 0.524 bits per heavy atom. The third kappa shape index (κ3) is 7.73. The highest BCUT2D eigenvalue weighted by molar-refractivity contribution is 6.21. The lowest BCUT2D eigenvalue weighted by molar-refractivity contribution is 0.559. The van der Waals surface area contributed by atoms with Gasteiger partial charge in [-0.25, -0.2) is 9.98 Å². The lowest BCUT2D eigenvalue weighted by Gasteiger charge is -2.25. The molecule has 63 heavy (non-hydrogen) atoms. The minimum absolute atomic E-state index is 0.00885. The number of amidine groups is 1. The molecular weight excluding hydrogens is 767 g/mol. The zero-order chi connectivity index (χ0) is 44.4. The van der Waals surface area contributed by atoms with Gasteiger partial charge in [-0.15, -0.1) is 0 Å². The molecule has 0 spiro atoms. The smallest absolute Gasteiger partial charge is 0.160 e. The van der Waals surface area contributed by atoms with Gasteiger partial charge in [0.05, 0.1) is 16.7 Å². The van der Waals surface area contributed by atoms with Crippen molar-refractivity contribution >= 4 is 61.0 Å². The Morgan fingerprint density at radius 3 is 1.76 bits per heavy atom. The molecule has 9 aromatic rings. The average molecular weight is 824 g/mol. The lowest BCUT2D eigenvalue weighted by atomic mass is 9.79. The third-order valence-corrected chi connectivity index (χ3v) is 12.4. The lowest BCUT2D eigenvalue weighted by Crippen LogP contribution is -2.16. The monoisotopic (exact) mass is 823 g/mol. The molecular formula is C59H57N3O. The van der Waals surface area contributed by atoms with Crippen molar-refractivity contribution in [3.63, 3.8) is 0 Å². The Hall–Kier alpha value is -6.78. The molecule has 0 bridgehead atoms. The normalized spacial score (nSPS) is 13.2. The van der Waals surface area contributed by atoms with Crippen LogP contribution in [-0.4, -0.2) is 16.1 Å². The topological polar surface area (TPSA) is 42.8 Å². The van der Waals surface area contributed by atoms with Gasteiger partial charge in [0, 0.05) is 55.2 Å². The summed E-state index contributed by atoms with van der Waals surface area (Å²) in [5.74, 6) is 0.604. The zero-order valence-electron chi connectivity index (χ0n) is 38.4. The van der Waals surface area contributed by atoms with Crippen molar-refractivity contribution in [3.05, 3.63) is 192 Å². The maximum atomic E-state index is 7.00. The van der Waals surface area contributed by atoms with E-state index in [-0.39, 0.29) is 16.2 Å². The van der Waals surface area contributed by atoms with Gasteiger partial charge in [0.15, 0.2) is 5.84 Å². The number of aliphatic imine (C=N–C) groups is 2. The van der Waals surface area contributed by atoms with Crippen LogP contribution >= 0.6 is 0 Å². The molecule has 2 aromatic heterocycles. The van der Waals surface area contributed by atoms with Crippen molar-refractivity contribution in [1.29, 1.82) is 0 Å². The van der Waals surface area contributed by atoms with Crippen LogP contribution in [0.4, 0.5) is 0 Å². The molecule has 0 radical (unpaired) electrons. The summed E-state index contributed by atoms with van der Waals surface area (Å²) in [5.41, 5.74) is 15.5. The first kappa shape index (κ1) is 41.6. The first-order valence-corrected chi connectivity index (χ1v) is 22.1. The van der Waals surface area contributed by atoms with Crippen LogP contribution in [0.15, 0.2) is 173 Å². The van der Waals surface area contributed by atoms with Gasteiger partial charge in [-0.1, -0.05) is 184 Å². The van der Waals surface area contributed by atoms with Gasteiger partial charge in [0.2, 0.25) is 0 Å². The molecule has 0 aliphatic rings. The number of nitrogens with zero attached hydrogens (tertiary/aromatic N) is 3. The van der Waals surface area contributed by atoms with Gasteiger partial charge in [-0.3, -0.25) is 0 Å². The maximum absolute atomic E-state index is 7.00. The van der Waals surface area contributed by atoms with Crippen molar-refractivity contribution in [2.45, 2.75) is 85.5 Å². The van der Waals surface area contributed by atoms with E-state index in [1.165, 1.54) is 32.8 Å². The number of hydrogen-bond donors (Lipinski definition) is 0. The molecule has 0 fully saturated rings. The fourth-order valence-electron chi connectivity index (χ4n) is 8.77. The molecule has 0 amide bonds. The molecule has 0 saturated carbocycles. The Morgan fingerprint density at radius 2 is 1.11 bits per heavy atom. The second kappa shape index (κ2) is 15.5. The van der Waals surface area contributed by atoms with Crippen LogP contribution in [0.3, 0.4) is 0 Å². The summed E-state index contributed by atoms with van der Waals surface area (Å²) in [7, 11) is 0.